The van der Waals surface area contributed by atoms with E-state index in [1.165, 1.54) is 6.07 Å². The fourth-order valence-electron chi connectivity index (χ4n) is 1.62. The zero-order valence-electron chi connectivity index (χ0n) is 10.8. The van der Waals surface area contributed by atoms with E-state index >= 15 is 0 Å². The van der Waals surface area contributed by atoms with E-state index in [1.54, 1.807) is 26.4 Å². The van der Waals surface area contributed by atoms with Crippen molar-refractivity contribution in [1.29, 1.82) is 0 Å². The topological polar surface area (TPSA) is 21.7 Å². The van der Waals surface area contributed by atoms with Gasteiger partial charge in [0.1, 0.15) is 5.82 Å². The maximum atomic E-state index is 13.7. The van der Waals surface area contributed by atoms with Gasteiger partial charge in [0.2, 0.25) is 0 Å². The van der Waals surface area contributed by atoms with Gasteiger partial charge in [0.15, 0.2) is 0 Å². The van der Waals surface area contributed by atoms with Crippen molar-refractivity contribution in [3.05, 3.63) is 34.6 Å². The highest BCUT2D eigenvalue weighted by molar-refractivity contribution is 6.31. The van der Waals surface area contributed by atoms with E-state index in [9.17, 15) is 4.39 Å². The first-order chi connectivity index (χ1) is 8.69. The lowest BCUT2D eigenvalue weighted by atomic mass is 10.2. The van der Waals surface area contributed by atoms with Crippen molar-refractivity contribution in [3.63, 3.8) is 0 Å². The minimum absolute atomic E-state index is 0.276. The molecular weight excluding hydrogens is 257 g/mol. The first kappa shape index (κ1) is 15.4. The number of hydrogen-bond acceptors (Lipinski definition) is 3. The number of methoxy groups -OCH3 is 2. The lowest BCUT2D eigenvalue weighted by molar-refractivity contribution is 0.109. The third-order valence-corrected chi connectivity index (χ3v) is 3.02. The van der Waals surface area contributed by atoms with Gasteiger partial charge >= 0.3 is 0 Å². The standard InChI is InChI=1S/C13H19ClFNO2/c1-17-8-6-16(7-9-18-2)10-11-12(14)4-3-5-13(11)15/h3-5H,6-10H2,1-2H3. The molecule has 0 N–H and O–H groups in total. The van der Waals surface area contributed by atoms with Crippen molar-refractivity contribution >= 4 is 11.6 Å². The minimum atomic E-state index is -0.276. The molecule has 102 valence electrons. The Morgan fingerprint density at radius 1 is 1.17 bits per heavy atom. The summed E-state index contributed by atoms with van der Waals surface area (Å²) >= 11 is 6.01. The van der Waals surface area contributed by atoms with Gasteiger partial charge in [0, 0.05) is 44.4 Å². The smallest absolute Gasteiger partial charge is 0.129 e. The molecule has 0 spiro atoms. The summed E-state index contributed by atoms with van der Waals surface area (Å²) in [6, 6.07) is 4.73. The van der Waals surface area contributed by atoms with Crippen molar-refractivity contribution < 1.29 is 13.9 Å². The third-order valence-electron chi connectivity index (χ3n) is 2.67. The highest BCUT2D eigenvalue weighted by atomic mass is 35.5. The maximum Gasteiger partial charge on any atom is 0.129 e. The Labute approximate surface area is 112 Å². The Hall–Kier alpha value is -0.680. The first-order valence-electron chi connectivity index (χ1n) is 5.82. The molecule has 3 nitrogen and oxygen atoms in total. The average Bonchev–Trinajstić information content (AvgIpc) is 2.36. The molecule has 0 bridgehead atoms. The van der Waals surface area contributed by atoms with Crippen molar-refractivity contribution in [3.8, 4) is 0 Å². The Morgan fingerprint density at radius 3 is 2.28 bits per heavy atom. The molecule has 0 unspecified atom stereocenters. The Balaban J connectivity index is 2.68. The van der Waals surface area contributed by atoms with E-state index in [1.807, 2.05) is 0 Å². The second-order valence-corrected chi connectivity index (χ2v) is 4.37. The minimum Gasteiger partial charge on any atom is -0.383 e. The SMILES string of the molecule is COCCN(CCOC)Cc1c(F)cccc1Cl. The molecule has 5 heteroatoms. The molecule has 0 amide bonds. The molecule has 0 heterocycles. The number of ether oxygens (including phenoxy) is 2. The summed E-state index contributed by atoms with van der Waals surface area (Å²) in [5.41, 5.74) is 0.520. The number of benzene rings is 1. The zero-order chi connectivity index (χ0) is 13.4. The lowest BCUT2D eigenvalue weighted by Gasteiger charge is -2.22. The molecule has 1 rings (SSSR count). The van der Waals surface area contributed by atoms with Gasteiger partial charge in [-0.15, -0.1) is 0 Å². The molecule has 1 aromatic rings. The summed E-state index contributed by atoms with van der Waals surface area (Å²) in [7, 11) is 3.29. The molecule has 0 atom stereocenters. The van der Waals surface area contributed by atoms with Gasteiger partial charge in [-0.2, -0.15) is 0 Å². The molecule has 0 aliphatic heterocycles. The molecule has 0 aromatic heterocycles. The van der Waals surface area contributed by atoms with Crippen LogP contribution in [0.5, 0.6) is 0 Å². The normalized spacial score (nSPS) is 11.2. The second-order valence-electron chi connectivity index (χ2n) is 3.96. The lowest BCUT2D eigenvalue weighted by Crippen LogP contribution is -2.30. The second kappa shape index (κ2) is 8.43. The molecule has 0 radical (unpaired) electrons. The number of rotatable bonds is 8. The monoisotopic (exact) mass is 275 g/mol. The Morgan fingerprint density at radius 2 is 1.78 bits per heavy atom. The maximum absolute atomic E-state index is 13.7. The molecule has 0 saturated carbocycles. The van der Waals surface area contributed by atoms with Crippen molar-refractivity contribution in [1.82, 2.24) is 4.90 Å². The van der Waals surface area contributed by atoms with E-state index in [0.29, 0.717) is 43.4 Å². The number of halogens is 2. The van der Waals surface area contributed by atoms with Crippen molar-refractivity contribution in [2.24, 2.45) is 0 Å². The van der Waals surface area contributed by atoms with Crippen LogP contribution in [0.3, 0.4) is 0 Å². The summed E-state index contributed by atoms with van der Waals surface area (Å²) in [6.45, 7) is 3.07. The first-order valence-corrected chi connectivity index (χ1v) is 6.20. The van der Waals surface area contributed by atoms with Crippen LogP contribution in [0, 0.1) is 5.82 Å². The summed E-state index contributed by atoms with van der Waals surface area (Å²) < 4.78 is 23.8. The molecule has 0 saturated heterocycles. The molecule has 0 fully saturated rings. The van der Waals surface area contributed by atoms with Crippen LogP contribution in [-0.4, -0.2) is 45.4 Å². The fourth-order valence-corrected chi connectivity index (χ4v) is 1.84. The van der Waals surface area contributed by atoms with Gasteiger partial charge < -0.3 is 9.47 Å². The van der Waals surface area contributed by atoms with E-state index in [0.717, 1.165) is 0 Å². The van der Waals surface area contributed by atoms with Crippen LogP contribution in [0.15, 0.2) is 18.2 Å². The largest absolute Gasteiger partial charge is 0.383 e. The number of hydrogen-bond donors (Lipinski definition) is 0. The molecule has 0 aliphatic rings. The van der Waals surface area contributed by atoms with Crippen LogP contribution in [0.2, 0.25) is 5.02 Å². The van der Waals surface area contributed by atoms with Crippen molar-refractivity contribution in [2.75, 3.05) is 40.5 Å². The molecular formula is C13H19ClFNO2. The van der Waals surface area contributed by atoms with E-state index < -0.39 is 0 Å². The van der Waals surface area contributed by atoms with E-state index in [2.05, 4.69) is 4.90 Å². The predicted molar refractivity (Wildman–Crippen MR) is 70.4 cm³/mol. The predicted octanol–water partition coefficient (Wildman–Crippen LogP) is 2.57. The van der Waals surface area contributed by atoms with Gasteiger partial charge in [-0.25, -0.2) is 4.39 Å². The molecule has 1 aromatic carbocycles. The van der Waals surface area contributed by atoms with Crippen LogP contribution >= 0.6 is 11.6 Å². The summed E-state index contributed by atoms with van der Waals surface area (Å²) in [4.78, 5) is 2.05. The fraction of sp³-hybridized carbons (Fsp3) is 0.538. The van der Waals surface area contributed by atoms with Gasteiger partial charge in [-0.05, 0) is 12.1 Å². The van der Waals surface area contributed by atoms with Crippen LogP contribution in [0.4, 0.5) is 4.39 Å². The number of nitrogens with zero attached hydrogens (tertiary/aromatic N) is 1. The average molecular weight is 276 g/mol. The highest BCUT2D eigenvalue weighted by Crippen LogP contribution is 2.20. The Kier molecular flexibility index (Phi) is 7.20. The quantitative estimate of drug-likeness (QED) is 0.728. The Bertz CT molecular complexity index is 335. The van der Waals surface area contributed by atoms with Gasteiger partial charge in [-0.1, -0.05) is 17.7 Å². The van der Waals surface area contributed by atoms with E-state index in [4.69, 9.17) is 21.1 Å². The summed E-state index contributed by atoms with van der Waals surface area (Å²) in [5.74, 6) is -0.276. The molecule has 18 heavy (non-hydrogen) atoms. The third kappa shape index (κ3) is 4.90. The summed E-state index contributed by atoms with van der Waals surface area (Å²) in [6.07, 6.45) is 0. The van der Waals surface area contributed by atoms with Gasteiger partial charge in [0.05, 0.1) is 13.2 Å². The molecule has 0 aliphatic carbocycles. The van der Waals surface area contributed by atoms with Gasteiger partial charge in [-0.3, -0.25) is 4.90 Å². The van der Waals surface area contributed by atoms with Crippen molar-refractivity contribution in [2.45, 2.75) is 6.54 Å². The van der Waals surface area contributed by atoms with Crippen LogP contribution in [-0.2, 0) is 16.0 Å². The highest BCUT2D eigenvalue weighted by Gasteiger charge is 2.12. The van der Waals surface area contributed by atoms with Crippen LogP contribution in [0.1, 0.15) is 5.56 Å². The van der Waals surface area contributed by atoms with E-state index in [-0.39, 0.29) is 5.82 Å². The van der Waals surface area contributed by atoms with Crippen LogP contribution < -0.4 is 0 Å². The van der Waals surface area contributed by atoms with Crippen LogP contribution in [0.25, 0.3) is 0 Å². The summed E-state index contributed by atoms with van der Waals surface area (Å²) in [5, 5.41) is 0.454. The zero-order valence-corrected chi connectivity index (χ0v) is 11.5. The van der Waals surface area contributed by atoms with Gasteiger partial charge in [0.25, 0.3) is 0 Å².